The first-order valence-corrected chi connectivity index (χ1v) is 11.5. The number of sulfonamides is 1. The smallest absolute Gasteiger partial charge is 0.414 e. The number of amides is 1. The van der Waals surface area contributed by atoms with Crippen LogP contribution < -0.4 is 9.62 Å². The van der Waals surface area contributed by atoms with Gasteiger partial charge < -0.3 is 9.26 Å². The Balaban J connectivity index is 1.38. The average molecular weight is 496 g/mol. The van der Waals surface area contributed by atoms with Crippen LogP contribution in [-0.2, 0) is 14.8 Å². The zero-order valence-electron chi connectivity index (χ0n) is 17.2. The van der Waals surface area contributed by atoms with E-state index in [1.807, 2.05) is 0 Å². The van der Waals surface area contributed by atoms with Crippen molar-refractivity contribution < 1.29 is 27.4 Å². The Morgan fingerprint density at radius 1 is 1.36 bits per heavy atom. The van der Waals surface area contributed by atoms with Gasteiger partial charge in [0.2, 0.25) is 21.7 Å². The zero-order chi connectivity index (χ0) is 23.8. The molecule has 14 heteroatoms. The van der Waals surface area contributed by atoms with Crippen molar-refractivity contribution in [1.29, 1.82) is 0 Å². The number of hydrogen-bond acceptors (Lipinski definition) is 9. The molecule has 0 spiro atoms. The van der Waals surface area contributed by atoms with Crippen LogP contribution in [0.25, 0.3) is 11.4 Å². The number of cyclic esters (lactones) is 1. The first-order chi connectivity index (χ1) is 15.6. The molecule has 1 aliphatic heterocycles. The third kappa shape index (κ3) is 4.74. The van der Waals surface area contributed by atoms with Crippen LogP contribution in [0.4, 0.5) is 10.5 Å². The lowest BCUT2D eigenvalue weighted by Crippen LogP contribution is -2.38. The maximum Gasteiger partial charge on any atom is 0.414 e. The number of aromatic nitrogens is 2. The van der Waals surface area contributed by atoms with Gasteiger partial charge in [0, 0.05) is 35.7 Å². The second-order valence-corrected chi connectivity index (χ2v) is 9.87. The van der Waals surface area contributed by atoms with Gasteiger partial charge in [-0.15, -0.1) is 0 Å². The van der Waals surface area contributed by atoms with Crippen molar-refractivity contribution in [3.63, 3.8) is 0 Å². The van der Waals surface area contributed by atoms with Gasteiger partial charge in [-0.1, -0.05) is 11.2 Å². The summed E-state index contributed by atoms with van der Waals surface area (Å²) in [6.07, 6.45) is 1.70. The number of nitrogens with one attached hydrogen (secondary N) is 1. The molecule has 2 heterocycles. The van der Waals surface area contributed by atoms with Crippen LogP contribution in [0, 0.1) is 17.0 Å². The Morgan fingerprint density at radius 3 is 2.73 bits per heavy atom. The summed E-state index contributed by atoms with van der Waals surface area (Å²) in [5.41, 5.74) is 1.25. The zero-order valence-corrected chi connectivity index (χ0v) is 18.7. The van der Waals surface area contributed by atoms with Gasteiger partial charge in [0.15, 0.2) is 0 Å². The molecule has 1 fully saturated rings. The lowest BCUT2D eigenvalue weighted by molar-refractivity contribution is -0.527. The molecule has 0 radical (unpaired) electrons. The number of benzene rings is 1. The topological polar surface area (TPSA) is 158 Å². The first-order valence-electron chi connectivity index (χ1n) is 9.68. The Hall–Kier alpha value is -3.29. The van der Waals surface area contributed by atoms with Crippen LogP contribution >= 0.6 is 11.6 Å². The maximum atomic E-state index is 12.6. The molecular weight excluding hydrogens is 478 g/mol. The van der Waals surface area contributed by atoms with Crippen molar-refractivity contribution in [2.24, 2.45) is 0 Å². The number of alkyl halides is 1. The van der Waals surface area contributed by atoms with Gasteiger partial charge in [-0.25, -0.2) is 17.9 Å². The number of ether oxygens (including phenoxy) is 1. The Kier molecular flexibility index (Phi) is 5.95. The summed E-state index contributed by atoms with van der Waals surface area (Å²) in [6.45, 7) is 1.57. The molecule has 12 nitrogen and oxygen atoms in total. The monoisotopic (exact) mass is 495 g/mol. The Labute approximate surface area is 193 Å². The van der Waals surface area contributed by atoms with E-state index in [1.54, 1.807) is 31.2 Å². The van der Waals surface area contributed by atoms with Crippen molar-refractivity contribution in [3.05, 3.63) is 63.4 Å². The third-order valence-electron chi connectivity index (χ3n) is 5.04. The normalized spacial score (nSPS) is 22.8. The van der Waals surface area contributed by atoms with E-state index in [2.05, 4.69) is 14.9 Å². The number of allylic oxidation sites excluding steroid dienone is 2. The fourth-order valence-electron chi connectivity index (χ4n) is 3.32. The highest BCUT2D eigenvalue weighted by molar-refractivity contribution is 7.93. The summed E-state index contributed by atoms with van der Waals surface area (Å²) in [7, 11) is -4.07. The van der Waals surface area contributed by atoms with Crippen molar-refractivity contribution >= 4 is 33.4 Å². The summed E-state index contributed by atoms with van der Waals surface area (Å²) in [5.74, 6) is 0.845. The molecule has 0 bridgehead atoms. The average Bonchev–Trinajstić information content (AvgIpc) is 3.38. The van der Waals surface area contributed by atoms with Crippen LogP contribution in [0.3, 0.4) is 0 Å². The number of hydrogen-bond donors (Lipinski definition) is 1. The number of carbonyl (C=O) groups is 1. The van der Waals surface area contributed by atoms with Gasteiger partial charge >= 0.3 is 11.1 Å². The van der Waals surface area contributed by atoms with Crippen molar-refractivity contribution in [1.82, 2.24) is 14.9 Å². The van der Waals surface area contributed by atoms with E-state index in [4.69, 9.17) is 20.9 Å². The summed E-state index contributed by atoms with van der Waals surface area (Å²) < 4.78 is 37.7. The lowest BCUT2D eigenvalue weighted by atomic mass is 10.1. The molecule has 2 unspecified atom stereocenters. The second kappa shape index (κ2) is 8.57. The summed E-state index contributed by atoms with van der Waals surface area (Å²) >= 11 is 5.89. The van der Waals surface area contributed by atoms with Crippen LogP contribution in [0.15, 0.2) is 51.9 Å². The molecule has 174 valence electrons. The summed E-state index contributed by atoms with van der Waals surface area (Å²) in [5, 5.41) is 15.0. The number of halogens is 1. The quantitative estimate of drug-likeness (QED) is 0.263. The van der Waals surface area contributed by atoms with Crippen molar-refractivity contribution in [2.75, 3.05) is 18.0 Å². The molecule has 1 aromatic heterocycles. The SMILES string of the molecule is Cc1nc(-c2ccc(N3CC(CNS(=O)(=O)C4=CC=CC(Cl)([N+](=O)[O-])C4)OC3=O)cc2)no1. The minimum absolute atomic E-state index is 0.106. The largest absolute Gasteiger partial charge is 0.443 e. The predicted octanol–water partition coefficient (Wildman–Crippen LogP) is 2.35. The highest BCUT2D eigenvalue weighted by Crippen LogP contribution is 2.32. The first kappa shape index (κ1) is 22.9. The molecule has 1 aliphatic carbocycles. The molecule has 1 aromatic carbocycles. The number of anilines is 1. The van der Waals surface area contributed by atoms with Gasteiger partial charge in [-0.05, 0) is 41.9 Å². The highest BCUT2D eigenvalue weighted by atomic mass is 35.5. The molecule has 2 aromatic rings. The number of nitrogens with zero attached hydrogens (tertiary/aromatic N) is 4. The van der Waals surface area contributed by atoms with Gasteiger partial charge in [0.25, 0.3) is 0 Å². The van der Waals surface area contributed by atoms with Crippen molar-refractivity contribution in [2.45, 2.75) is 24.4 Å². The van der Waals surface area contributed by atoms with Crippen LogP contribution in [0.2, 0.25) is 0 Å². The molecule has 1 saturated heterocycles. The van der Waals surface area contributed by atoms with Crippen molar-refractivity contribution in [3.8, 4) is 11.4 Å². The maximum absolute atomic E-state index is 12.6. The Morgan fingerprint density at radius 2 is 2.09 bits per heavy atom. The van der Waals surface area contributed by atoms with E-state index in [-0.39, 0.29) is 18.0 Å². The predicted molar refractivity (Wildman–Crippen MR) is 116 cm³/mol. The molecule has 4 rings (SSSR count). The summed E-state index contributed by atoms with van der Waals surface area (Å²) in [6, 6.07) is 6.82. The molecule has 33 heavy (non-hydrogen) atoms. The minimum atomic E-state index is -4.07. The van der Waals surface area contributed by atoms with Gasteiger partial charge in [0.1, 0.15) is 6.10 Å². The molecule has 1 N–H and O–H groups in total. The van der Waals surface area contributed by atoms with E-state index in [0.29, 0.717) is 23.0 Å². The lowest BCUT2D eigenvalue weighted by Gasteiger charge is -2.20. The highest BCUT2D eigenvalue weighted by Gasteiger charge is 2.43. The molecule has 2 atom stereocenters. The van der Waals surface area contributed by atoms with Crippen LogP contribution in [0.5, 0.6) is 0 Å². The summed E-state index contributed by atoms with van der Waals surface area (Å²) in [4.78, 5) is 25.9. The van der Waals surface area contributed by atoms with E-state index in [0.717, 1.165) is 6.08 Å². The molecular formula is C19H18ClN5O7S. The standard InChI is InChI=1S/C19H18ClN5O7S/c1-12-22-17(23-32-12)13-4-6-14(7-5-13)24-11-15(31-18(24)26)10-21-33(29,30)16-3-2-8-19(20,9-16)25(27)28/h2-8,15,21H,9-11H2,1H3. The van der Waals surface area contributed by atoms with E-state index in [1.165, 1.54) is 17.1 Å². The van der Waals surface area contributed by atoms with E-state index in [9.17, 15) is 23.3 Å². The Bertz CT molecular complexity index is 1260. The van der Waals surface area contributed by atoms with Gasteiger partial charge in [0.05, 0.1) is 17.9 Å². The molecule has 0 saturated carbocycles. The van der Waals surface area contributed by atoms with Gasteiger partial charge in [-0.3, -0.25) is 15.0 Å². The molecule has 1 amide bonds. The fourth-order valence-corrected chi connectivity index (χ4v) is 4.87. The number of carbonyl (C=O) groups excluding carboxylic acids is 1. The van der Waals surface area contributed by atoms with E-state index < -0.39 is 38.6 Å². The van der Waals surface area contributed by atoms with Gasteiger partial charge in [-0.2, -0.15) is 4.98 Å². The van der Waals surface area contributed by atoms with Crippen LogP contribution in [-0.4, -0.2) is 53.8 Å². The second-order valence-electron chi connectivity index (χ2n) is 7.40. The number of rotatable bonds is 7. The number of nitro groups is 1. The third-order valence-corrected chi connectivity index (χ3v) is 6.96. The van der Waals surface area contributed by atoms with E-state index >= 15 is 0 Å². The van der Waals surface area contributed by atoms with Crippen LogP contribution in [0.1, 0.15) is 12.3 Å². The number of aryl methyl sites for hydroxylation is 1. The molecule has 2 aliphatic rings. The minimum Gasteiger partial charge on any atom is -0.443 e. The fraction of sp³-hybridized carbons (Fsp3) is 0.316.